The van der Waals surface area contributed by atoms with Crippen LogP contribution in [0.15, 0.2) is 29.3 Å². The highest BCUT2D eigenvalue weighted by molar-refractivity contribution is 5.80. The molecule has 1 aromatic rings. The summed E-state index contributed by atoms with van der Waals surface area (Å²) >= 11 is 0. The van der Waals surface area contributed by atoms with Gasteiger partial charge in [0.15, 0.2) is 5.96 Å². The number of ether oxygens (including phenoxy) is 2. The first-order valence-corrected chi connectivity index (χ1v) is 11.8. The number of hydrogen-bond acceptors (Lipinski definition) is 5. The molecule has 2 unspecified atom stereocenters. The van der Waals surface area contributed by atoms with E-state index in [9.17, 15) is 4.79 Å². The smallest absolute Gasteiger partial charge is 0.409 e. The summed E-state index contributed by atoms with van der Waals surface area (Å²) in [6, 6.07) is 9.08. The Bertz CT molecular complexity index is 737. The molecule has 1 aromatic carbocycles. The third-order valence-electron chi connectivity index (χ3n) is 5.97. The first-order chi connectivity index (χ1) is 15.5. The van der Waals surface area contributed by atoms with E-state index in [0.717, 1.165) is 38.4 Å². The van der Waals surface area contributed by atoms with Crippen LogP contribution in [0.5, 0.6) is 0 Å². The summed E-state index contributed by atoms with van der Waals surface area (Å²) in [5, 5.41) is 6.89. The molecule has 2 saturated heterocycles. The van der Waals surface area contributed by atoms with Gasteiger partial charge in [-0.05, 0) is 44.7 Å². The van der Waals surface area contributed by atoms with Crippen molar-refractivity contribution in [3.8, 4) is 0 Å². The number of likely N-dealkylation sites (tertiary alicyclic amines) is 1. The van der Waals surface area contributed by atoms with E-state index in [1.54, 1.807) is 11.9 Å². The SMILES string of the molecule is CCOC(=O)N1CCC(NC(=NC)NCc2ccc(CN3CC(C)OC(C)C3)cc2)CC1. The second-order valence-corrected chi connectivity index (χ2v) is 8.80. The third-order valence-corrected chi connectivity index (χ3v) is 5.97. The van der Waals surface area contributed by atoms with Crippen molar-refractivity contribution < 1.29 is 14.3 Å². The van der Waals surface area contributed by atoms with Crippen LogP contribution in [0, 0.1) is 0 Å². The van der Waals surface area contributed by atoms with Crippen molar-refractivity contribution in [2.45, 2.75) is 65.0 Å². The van der Waals surface area contributed by atoms with E-state index in [1.165, 1.54) is 11.1 Å². The molecule has 0 aromatic heterocycles. The highest BCUT2D eigenvalue weighted by Crippen LogP contribution is 2.15. The molecular weight excluding hydrogens is 406 g/mol. The van der Waals surface area contributed by atoms with E-state index in [-0.39, 0.29) is 6.09 Å². The molecule has 1 amide bonds. The Balaban J connectivity index is 1.41. The molecule has 2 aliphatic rings. The molecule has 0 bridgehead atoms. The number of morpholine rings is 1. The van der Waals surface area contributed by atoms with E-state index >= 15 is 0 Å². The Morgan fingerprint density at radius 1 is 1.12 bits per heavy atom. The number of guanidine groups is 1. The van der Waals surface area contributed by atoms with E-state index in [4.69, 9.17) is 9.47 Å². The fourth-order valence-corrected chi connectivity index (χ4v) is 4.43. The van der Waals surface area contributed by atoms with E-state index in [0.29, 0.717) is 44.5 Å². The molecule has 0 saturated carbocycles. The van der Waals surface area contributed by atoms with Crippen LogP contribution < -0.4 is 10.6 Å². The number of nitrogens with one attached hydrogen (secondary N) is 2. The number of benzene rings is 1. The highest BCUT2D eigenvalue weighted by Gasteiger charge is 2.24. The lowest BCUT2D eigenvalue weighted by molar-refractivity contribution is -0.0704. The van der Waals surface area contributed by atoms with Crippen LogP contribution in [0.4, 0.5) is 4.79 Å². The molecule has 0 radical (unpaired) electrons. The van der Waals surface area contributed by atoms with Crippen molar-refractivity contribution in [1.29, 1.82) is 0 Å². The normalized spacial score (nSPS) is 23.1. The van der Waals surface area contributed by atoms with Gasteiger partial charge in [-0.1, -0.05) is 24.3 Å². The molecule has 0 spiro atoms. The highest BCUT2D eigenvalue weighted by atomic mass is 16.6. The first kappa shape index (κ1) is 24.3. The second-order valence-electron chi connectivity index (χ2n) is 8.80. The summed E-state index contributed by atoms with van der Waals surface area (Å²) in [4.78, 5) is 20.4. The van der Waals surface area contributed by atoms with Gasteiger partial charge in [0.1, 0.15) is 0 Å². The summed E-state index contributed by atoms with van der Waals surface area (Å²) in [5.74, 6) is 0.792. The molecule has 2 aliphatic heterocycles. The van der Waals surface area contributed by atoms with E-state index in [1.807, 2.05) is 6.92 Å². The van der Waals surface area contributed by atoms with Crippen molar-refractivity contribution in [1.82, 2.24) is 20.4 Å². The van der Waals surface area contributed by atoms with Gasteiger partial charge in [0.2, 0.25) is 0 Å². The van der Waals surface area contributed by atoms with Crippen LogP contribution in [-0.2, 0) is 22.6 Å². The predicted molar refractivity (Wildman–Crippen MR) is 127 cm³/mol. The average molecular weight is 446 g/mol. The number of carbonyl (C=O) groups excluding carboxylic acids is 1. The minimum Gasteiger partial charge on any atom is -0.450 e. The van der Waals surface area contributed by atoms with E-state index < -0.39 is 0 Å². The minimum atomic E-state index is -0.213. The monoisotopic (exact) mass is 445 g/mol. The van der Waals surface area contributed by atoms with Crippen molar-refractivity contribution in [2.24, 2.45) is 4.99 Å². The van der Waals surface area contributed by atoms with Gasteiger partial charge in [-0.3, -0.25) is 9.89 Å². The van der Waals surface area contributed by atoms with Crippen molar-refractivity contribution >= 4 is 12.1 Å². The molecular formula is C24H39N5O3. The van der Waals surface area contributed by atoms with Gasteiger partial charge in [0.05, 0.1) is 18.8 Å². The lowest BCUT2D eigenvalue weighted by Gasteiger charge is -2.35. The number of piperidine rings is 1. The largest absolute Gasteiger partial charge is 0.450 e. The van der Waals surface area contributed by atoms with Crippen molar-refractivity contribution in [3.05, 3.63) is 35.4 Å². The van der Waals surface area contributed by atoms with Crippen molar-refractivity contribution in [3.63, 3.8) is 0 Å². The topological polar surface area (TPSA) is 78.4 Å². The zero-order valence-electron chi connectivity index (χ0n) is 20.0. The molecule has 8 heteroatoms. The molecule has 3 rings (SSSR count). The molecule has 32 heavy (non-hydrogen) atoms. The van der Waals surface area contributed by atoms with E-state index in [2.05, 4.69) is 58.6 Å². The van der Waals surface area contributed by atoms with Crippen LogP contribution in [-0.4, -0.2) is 79.9 Å². The van der Waals surface area contributed by atoms with Crippen LogP contribution in [0.1, 0.15) is 44.7 Å². The Kier molecular flexibility index (Phi) is 9.17. The number of nitrogens with zero attached hydrogens (tertiary/aromatic N) is 3. The van der Waals surface area contributed by atoms with Gasteiger partial charge >= 0.3 is 6.09 Å². The van der Waals surface area contributed by atoms with Crippen LogP contribution >= 0.6 is 0 Å². The minimum absolute atomic E-state index is 0.213. The molecule has 2 N–H and O–H groups in total. The third kappa shape index (κ3) is 7.38. The number of amides is 1. The predicted octanol–water partition coefficient (Wildman–Crippen LogP) is 2.58. The molecule has 2 fully saturated rings. The lowest BCUT2D eigenvalue weighted by Crippen LogP contribution is -2.49. The number of carbonyl (C=O) groups is 1. The Morgan fingerprint density at radius 2 is 1.75 bits per heavy atom. The molecule has 178 valence electrons. The Morgan fingerprint density at radius 3 is 2.34 bits per heavy atom. The number of hydrogen-bond donors (Lipinski definition) is 2. The summed E-state index contributed by atoms with van der Waals surface area (Å²) in [6.45, 7) is 11.6. The van der Waals surface area contributed by atoms with Crippen LogP contribution in [0.2, 0.25) is 0 Å². The maximum atomic E-state index is 11.8. The fourth-order valence-electron chi connectivity index (χ4n) is 4.43. The molecule has 2 atom stereocenters. The average Bonchev–Trinajstić information content (AvgIpc) is 2.77. The Labute approximate surface area is 192 Å². The molecule has 2 heterocycles. The van der Waals surface area contributed by atoms with Gasteiger partial charge in [-0.2, -0.15) is 0 Å². The zero-order valence-corrected chi connectivity index (χ0v) is 20.0. The summed E-state index contributed by atoms with van der Waals surface area (Å²) in [6.07, 6.45) is 2.13. The standard InChI is InChI=1S/C24H39N5O3/c1-5-31-24(30)29-12-10-22(11-13-29)27-23(25-4)26-14-20-6-8-21(9-7-20)17-28-15-18(2)32-19(3)16-28/h6-9,18-19,22H,5,10-17H2,1-4H3,(H2,25,26,27). The summed E-state index contributed by atoms with van der Waals surface area (Å²) < 4.78 is 10.9. The quantitative estimate of drug-likeness (QED) is 0.518. The van der Waals surface area contributed by atoms with Crippen molar-refractivity contribution in [2.75, 3.05) is 39.8 Å². The second kappa shape index (κ2) is 12.1. The number of rotatable bonds is 6. The van der Waals surface area contributed by atoms with Crippen LogP contribution in [0.25, 0.3) is 0 Å². The number of aliphatic imine (C=N–C) groups is 1. The summed E-state index contributed by atoms with van der Waals surface area (Å²) in [7, 11) is 1.79. The first-order valence-electron chi connectivity index (χ1n) is 11.8. The molecule has 0 aliphatic carbocycles. The molecule has 8 nitrogen and oxygen atoms in total. The van der Waals surface area contributed by atoms with Gasteiger partial charge in [0.25, 0.3) is 0 Å². The van der Waals surface area contributed by atoms with Crippen LogP contribution in [0.3, 0.4) is 0 Å². The van der Waals surface area contributed by atoms with Gasteiger partial charge in [-0.25, -0.2) is 4.79 Å². The van der Waals surface area contributed by atoms with Gasteiger partial charge in [0, 0.05) is 52.4 Å². The van der Waals surface area contributed by atoms with Gasteiger partial charge < -0.3 is 25.0 Å². The lowest BCUT2D eigenvalue weighted by atomic mass is 10.1. The zero-order chi connectivity index (χ0) is 22.9. The fraction of sp³-hybridized carbons (Fsp3) is 0.667. The maximum Gasteiger partial charge on any atom is 0.409 e. The maximum absolute atomic E-state index is 11.8. The summed E-state index contributed by atoms with van der Waals surface area (Å²) in [5.41, 5.74) is 2.54. The Hall–Kier alpha value is -2.32. The van der Waals surface area contributed by atoms with Gasteiger partial charge in [-0.15, -0.1) is 0 Å².